The Bertz CT molecular complexity index is 476. The zero-order valence-electron chi connectivity index (χ0n) is 9.36. The van der Waals surface area contributed by atoms with Crippen LogP contribution in [0.1, 0.15) is 19.3 Å². The van der Waals surface area contributed by atoms with Crippen molar-refractivity contribution in [1.82, 2.24) is 9.97 Å². The van der Waals surface area contributed by atoms with Crippen LogP contribution in [0.25, 0.3) is 0 Å². The summed E-state index contributed by atoms with van der Waals surface area (Å²) in [5.74, 6) is 0.814. The highest BCUT2D eigenvalue weighted by Gasteiger charge is 2.37. The number of hydrogen-bond acceptors (Lipinski definition) is 4. The van der Waals surface area contributed by atoms with E-state index in [2.05, 4.69) is 37.5 Å². The summed E-state index contributed by atoms with van der Waals surface area (Å²) in [6, 6.07) is 0.395. The van der Waals surface area contributed by atoms with Crippen LogP contribution in [0.15, 0.2) is 11.1 Å². The van der Waals surface area contributed by atoms with Crippen LogP contribution in [0.2, 0.25) is 0 Å². The van der Waals surface area contributed by atoms with Crippen molar-refractivity contribution in [3.63, 3.8) is 0 Å². The Hall–Kier alpha value is -0.630. The first kappa shape index (κ1) is 11.5. The van der Waals surface area contributed by atoms with E-state index in [1.165, 1.54) is 12.7 Å². The lowest BCUT2D eigenvalue weighted by Gasteiger charge is -2.38. The number of rotatable bonds is 1. The zero-order valence-corrected chi connectivity index (χ0v) is 11.5. The second-order valence-electron chi connectivity index (χ2n) is 4.47. The minimum atomic E-state index is -0.0587. The molecule has 1 aromatic heterocycles. The largest absolute Gasteiger partial charge is 0.374 e. The number of H-pyrrole nitrogens is 1. The van der Waals surface area contributed by atoms with Crippen molar-refractivity contribution in [1.29, 1.82) is 0 Å². The number of hydrogen-bond donors (Lipinski definition) is 1. The van der Waals surface area contributed by atoms with E-state index in [0.717, 1.165) is 31.8 Å². The van der Waals surface area contributed by atoms with Crippen LogP contribution >= 0.6 is 22.6 Å². The fraction of sp³-hybridized carbons (Fsp3) is 0.636. The van der Waals surface area contributed by atoms with E-state index < -0.39 is 0 Å². The maximum Gasteiger partial charge on any atom is 0.266 e. The number of fused-ring (bicyclic) bond motifs is 1. The number of halogens is 1. The summed E-state index contributed by atoms with van der Waals surface area (Å²) in [7, 11) is 0. The Morgan fingerprint density at radius 1 is 1.53 bits per heavy atom. The minimum absolute atomic E-state index is 0.0587. The quantitative estimate of drug-likeness (QED) is 0.774. The predicted molar refractivity (Wildman–Crippen MR) is 72.3 cm³/mol. The number of nitrogens with one attached hydrogen (secondary N) is 1. The monoisotopic (exact) mass is 347 g/mol. The Kier molecular flexibility index (Phi) is 3.08. The van der Waals surface area contributed by atoms with Gasteiger partial charge in [-0.3, -0.25) is 4.79 Å². The van der Waals surface area contributed by atoms with Gasteiger partial charge in [0.05, 0.1) is 25.1 Å². The van der Waals surface area contributed by atoms with E-state index >= 15 is 0 Å². The van der Waals surface area contributed by atoms with E-state index in [1.807, 2.05) is 0 Å². The average molecular weight is 347 g/mol. The van der Waals surface area contributed by atoms with Gasteiger partial charge < -0.3 is 14.6 Å². The minimum Gasteiger partial charge on any atom is -0.374 e. The van der Waals surface area contributed by atoms with Gasteiger partial charge in [-0.05, 0) is 41.9 Å². The summed E-state index contributed by atoms with van der Waals surface area (Å²) < 4.78 is 6.44. The third-order valence-corrected chi connectivity index (χ3v) is 4.50. The summed E-state index contributed by atoms with van der Waals surface area (Å²) in [6.45, 7) is 1.55. The maximum atomic E-state index is 11.6. The number of anilines is 1. The van der Waals surface area contributed by atoms with Crippen molar-refractivity contribution in [3.8, 4) is 0 Å². The average Bonchev–Trinajstić information content (AvgIpc) is 2.81. The molecule has 2 aliphatic rings. The second-order valence-corrected chi connectivity index (χ2v) is 5.55. The summed E-state index contributed by atoms with van der Waals surface area (Å²) in [4.78, 5) is 20.8. The summed E-state index contributed by atoms with van der Waals surface area (Å²) >= 11 is 2.07. The first-order valence-electron chi connectivity index (χ1n) is 5.89. The molecule has 1 saturated carbocycles. The van der Waals surface area contributed by atoms with E-state index in [1.54, 1.807) is 0 Å². The molecule has 0 bridgehead atoms. The van der Waals surface area contributed by atoms with Gasteiger partial charge in [-0.15, -0.1) is 0 Å². The van der Waals surface area contributed by atoms with Crippen LogP contribution in [0, 0.1) is 3.57 Å². The van der Waals surface area contributed by atoms with E-state index in [4.69, 9.17) is 4.74 Å². The van der Waals surface area contributed by atoms with Crippen molar-refractivity contribution in [2.75, 3.05) is 18.1 Å². The molecule has 1 aromatic rings. The molecule has 0 aromatic carbocycles. The maximum absolute atomic E-state index is 11.6. The fourth-order valence-corrected chi connectivity index (χ4v) is 3.37. The molecule has 92 valence electrons. The summed E-state index contributed by atoms with van der Waals surface area (Å²) in [5.41, 5.74) is -0.0587. The molecule has 17 heavy (non-hydrogen) atoms. The third-order valence-electron chi connectivity index (χ3n) is 3.53. The molecule has 2 atom stereocenters. The Labute approximate surface area is 113 Å². The molecule has 1 saturated heterocycles. The topological polar surface area (TPSA) is 58.2 Å². The molecular formula is C11H14IN3O2. The van der Waals surface area contributed by atoms with Crippen molar-refractivity contribution in [2.45, 2.75) is 31.4 Å². The Morgan fingerprint density at radius 3 is 3.29 bits per heavy atom. The molecule has 0 amide bonds. The molecule has 0 radical (unpaired) electrons. The SMILES string of the molecule is O=c1[nH]cnc(N2CCOC3CCCC32)c1I. The van der Waals surface area contributed by atoms with Crippen molar-refractivity contribution >= 4 is 28.4 Å². The molecule has 2 unspecified atom stereocenters. The van der Waals surface area contributed by atoms with Crippen LogP contribution in [-0.4, -0.2) is 35.3 Å². The van der Waals surface area contributed by atoms with E-state index in [9.17, 15) is 4.79 Å². The first-order valence-corrected chi connectivity index (χ1v) is 6.96. The molecule has 1 aliphatic carbocycles. The van der Waals surface area contributed by atoms with Crippen molar-refractivity contribution in [3.05, 3.63) is 20.3 Å². The second kappa shape index (κ2) is 4.56. The normalized spacial score (nSPS) is 28.2. The number of morpholine rings is 1. The van der Waals surface area contributed by atoms with Gasteiger partial charge >= 0.3 is 0 Å². The van der Waals surface area contributed by atoms with Crippen LogP contribution in [0.4, 0.5) is 5.82 Å². The summed E-state index contributed by atoms with van der Waals surface area (Å²) in [6.07, 6.45) is 5.27. The van der Waals surface area contributed by atoms with Gasteiger partial charge in [0.1, 0.15) is 9.39 Å². The molecule has 2 fully saturated rings. The first-order chi connectivity index (χ1) is 8.27. The highest BCUT2D eigenvalue weighted by atomic mass is 127. The smallest absolute Gasteiger partial charge is 0.266 e. The molecule has 1 N–H and O–H groups in total. The number of ether oxygens (including phenoxy) is 1. The molecule has 3 rings (SSSR count). The van der Waals surface area contributed by atoms with Gasteiger partial charge in [0.25, 0.3) is 5.56 Å². The van der Waals surface area contributed by atoms with E-state index in [0.29, 0.717) is 15.7 Å². The van der Waals surface area contributed by atoms with Crippen LogP contribution in [-0.2, 0) is 4.74 Å². The highest BCUT2D eigenvalue weighted by molar-refractivity contribution is 14.1. The van der Waals surface area contributed by atoms with Gasteiger partial charge in [-0.2, -0.15) is 0 Å². The number of nitrogens with zero attached hydrogens (tertiary/aromatic N) is 2. The molecule has 0 spiro atoms. The molecule has 2 heterocycles. The Balaban J connectivity index is 1.97. The molecule has 1 aliphatic heterocycles. The lowest BCUT2D eigenvalue weighted by atomic mass is 10.1. The van der Waals surface area contributed by atoms with Gasteiger partial charge in [0.15, 0.2) is 0 Å². The van der Waals surface area contributed by atoms with Crippen LogP contribution in [0.5, 0.6) is 0 Å². The van der Waals surface area contributed by atoms with Crippen molar-refractivity contribution in [2.24, 2.45) is 0 Å². The number of aromatic amines is 1. The van der Waals surface area contributed by atoms with E-state index in [-0.39, 0.29) is 5.56 Å². The van der Waals surface area contributed by atoms with Gasteiger partial charge in [0, 0.05) is 6.54 Å². The Morgan fingerprint density at radius 2 is 2.41 bits per heavy atom. The predicted octanol–water partition coefficient (Wildman–Crippen LogP) is 1.13. The number of aromatic nitrogens is 2. The molecule has 5 nitrogen and oxygen atoms in total. The van der Waals surface area contributed by atoms with Gasteiger partial charge in [-0.1, -0.05) is 0 Å². The standard InChI is InChI=1S/C11H14IN3O2/c12-9-10(13-6-14-11(9)16)15-4-5-17-8-3-1-2-7(8)15/h6-8H,1-5H2,(H,13,14,16). The fourth-order valence-electron chi connectivity index (χ4n) is 2.76. The molecular weight excluding hydrogens is 333 g/mol. The summed E-state index contributed by atoms with van der Waals surface area (Å²) in [5, 5.41) is 0. The lowest BCUT2D eigenvalue weighted by molar-refractivity contribution is 0.0252. The third kappa shape index (κ3) is 1.97. The van der Waals surface area contributed by atoms with Gasteiger partial charge in [-0.25, -0.2) is 4.98 Å². The lowest BCUT2D eigenvalue weighted by Crippen LogP contribution is -2.49. The zero-order chi connectivity index (χ0) is 11.8. The van der Waals surface area contributed by atoms with Crippen LogP contribution in [0.3, 0.4) is 0 Å². The van der Waals surface area contributed by atoms with Crippen LogP contribution < -0.4 is 10.5 Å². The molecule has 6 heteroatoms. The van der Waals surface area contributed by atoms with Crippen molar-refractivity contribution < 1.29 is 4.74 Å². The van der Waals surface area contributed by atoms with Gasteiger partial charge in [0.2, 0.25) is 0 Å². The highest BCUT2D eigenvalue weighted by Crippen LogP contribution is 2.33.